The minimum atomic E-state index is -0.148. The molecule has 5 aliphatic rings. The van der Waals surface area contributed by atoms with Crippen molar-refractivity contribution >= 4 is 29.1 Å². The van der Waals surface area contributed by atoms with Crippen LogP contribution in [0.1, 0.15) is 12.0 Å². The van der Waals surface area contributed by atoms with Crippen molar-refractivity contribution in [1.82, 2.24) is 0 Å². The Morgan fingerprint density at radius 1 is 1.05 bits per heavy atom. The molecule has 2 bridgehead atoms. The van der Waals surface area contributed by atoms with E-state index in [0.717, 1.165) is 5.56 Å². The van der Waals surface area contributed by atoms with Gasteiger partial charge in [-0.15, -0.1) is 0 Å². The van der Waals surface area contributed by atoms with Crippen molar-refractivity contribution in [3.05, 3.63) is 40.9 Å². The molecule has 1 aromatic carbocycles. The minimum Gasteiger partial charge on any atom is -0.274 e. The number of amides is 2. The van der Waals surface area contributed by atoms with E-state index in [2.05, 4.69) is 12.2 Å². The molecule has 1 heterocycles. The molecule has 22 heavy (non-hydrogen) atoms. The number of carbonyl (C=O) groups excluding carboxylic acids is 2. The van der Waals surface area contributed by atoms with Crippen molar-refractivity contribution < 1.29 is 9.59 Å². The highest BCUT2D eigenvalue weighted by molar-refractivity contribution is 6.32. The minimum absolute atomic E-state index is 0.0231. The maximum Gasteiger partial charge on any atom is 0.238 e. The maximum absolute atomic E-state index is 13.0. The largest absolute Gasteiger partial charge is 0.274 e. The lowest BCUT2D eigenvalue weighted by Gasteiger charge is -2.37. The normalized spacial score (nSPS) is 40.9. The molecule has 1 aliphatic heterocycles. The molecule has 3 nitrogen and oxygen atoms in total. The number of benzene rings is 1. The number of allylic oxidation sites excluding steroid dienone is 2. The van der Waals surface area contributed by atoms with Gasteiger partial charge in [0.15, 0.2) is 0 Å². The maximum atomic E-state index is 13.0. The number of imide groups is 1. The van der Waals surface area contributed by atoms with Crippen molar-refractivity contribution in [2.45, 2.75) is 13.3 Å². The first kappa shape index (κ1) is 12.9. The van der Waals surface area contributed by atoms with Crippen molar-refractivity contribution in [2.24, 2.45) is 35.5 Å². The van der Waals surface area contributed by atoms with E-state index in [4.69, 9.17) is 11.6 Å². The van der Waals surface area contributed by atoms with Gasteiger partial charge in [-0.3, -0.25) is 9.59 Å². The molecule has 0 unspecified atom stereocenters. The molecule has 1 saturated heterocycles. The molecule has 1 aromatic rings. The molecule has 0 N–H and O–H groups in total. The smallest absolute Gasteiger partial charge is 0.238 e. The quantitative estimate of drug-likeness (QED) is 0.590. The van der Waals surface area contributed by atoms with E-state index >= 15 is 0 Å². The Hall–Kier alpha value is -1.61. The molecule has 4 heteroatoms. The lowest BCUT2D eigenvalue weighted by Crippen LogP contribution is -2.40. The molecule has 6 rings (SSSR count). The van der Waals surface area contributed by atoms with Crippen LogP contribution in [0.25, 0.3) is 0 Å². The zero-order valence-corrected chi connectivity index (χ0v) is 13.0. The number of nitrogens with zero attached hydrogens (tertiary/aromatic N) is 1. The third kappa shape index (κ3) is 1.38. The number of rotatable bonds is 1. The predicted octanol–water partition coefficient (Wildman–Crippen LogP) is 3.21. The van der Waals surface area contributed by atoms with Crippen molar-refractivity contribution in [1.29, 1.82) is 0 Å². The summed E-state index contributed by atoms with van der Waals surface area (Å²) in [6.07, 6.45) is 5.57. The van der Waals surface area contributed by atoms with Gasteiger partial charge >= 0.3 is 0 Å². The van der Waals surface area contributed by atoms with E-state index in [0.29, 0.717) is 22.5 Å². The van der Waals surface area contributed by atoms with Crippen LogP contribution in [-0.2, 0) is 9.59 Å². The Labute approximate surface area is 133 Å². The summed E-state index contributed by atoms with van der Waals surface area (Å²) in [5.41, 5.74) is 1.46. The number of carbonyl (C=O) groups is 2. The average molecular weight is 314 g/mol. The zero-order chi connectivity index (χ0) is 15.2. The molecule has 6 atom stereocenters. The number of halogens is 1. The second-order valence-electron chi connectivity index (χ2n) is 7.05. The topological polar surface area (TPSA) is 37.4 Å². The lowest BCUT2D eigenvalue weighted by molar-refractivity contribution is -0.124. The van der Waals surface area contributed by atoms with E-state index in [1.54, 1.807) is 12.1 Å². The van der Waals surface area contributed by atoms with E-state index in [-0.39, 0.29) is 35.5 Å². The van der Waals surface area contributed by atoms with Crippen LogP contribution in [0.15, 0.2) is 30.4 Å². The van der Waals surface area contributed by atoms with Gasteiger partial charge < -0.3 is 0 Å². The van der Waals surface area contributed by atoms with Gasteiger partial charge in [0.2, 0.25) is 11.8 Å². The van der Waals surface area contributed by atoms with Crippen molar-refractivity contribution in [2.75, 3.05) is 4.90 Å². The SMILES string of the molecule is Cc1c(Cl)cccc1N1C(=O)[C@@H]2[C@H]3C=C[C@H]([C@H]4C[C@H]34)[C@@H]2C1=O. The van der Waals surface area contributed by atoms with Crippen molar-refractivity contribution in [3.8, 4) is 0 Å². The van der Waals surface area contributed by atoms with Crippen molar-refractivity contribution in [3.63, 3.8) is 0 Å². The first-order chi connectivity index (χ1) is 10.6. The van der Waals surface area contributed by atoms with Gasteiger partial charge in [-0.2, -0.15) is 0 Å². The fourth-order valence-corrected chi connectivity index (χ4v) is 5.20. The Morgan fingerprint density at radius 3 is 2.23 bits per heavy atom. The van der Waals surface area contributed by atoms with E-state index in [1.807, 2.05) is 13.0 Å². The first-order valence-electron chi connectivity index (χ1n) is 7.91. The monoisotopic (exact) mass is 313 g/mol. The summed E-state index contributed by atoms with van der Waals surface area (Å²) in [4.78, 5) is 27.4. The predicted molar refractivity (Wildman–Crippen MR) is 83.4 cm³/mol. The van der Waals surface area contributed by atoms with E-state index in [9.17, 15) is 9.59 Å². The van der Waals surface area contributed by atoms with Gasteiger partial charge in [-0.05, 0) is 54.7 Å². The Kier molecular flexibility index (Phi) is 2.35. The van der Waals surface area contributed by atoms with Crippen LogP contribution >= 0.6 is 11.6 Å². The molecule has 0 spiro atoms. The summed E-state index contributed by atoms with van der Waals surface area (Å²) in [6, 6.07) is 5.42. The second-order valence-corrected chi connectivity index (χ2v) is 7.46. The molecule has 0 radical (unpaired) electrons. The van der Waals surface area contributed by atoms with E-state index < -0.39 is 0 Å². The molecule has 112 valence electrons. The van der Waals surface area contributed by atoms with Crippen LogP contribution < -0.4 is 4.90 Å². The van der Waals surface area contributed by atoms with Gasteiger partial charge in [0.25, 0.3) is 0 Å². The van der Waals surface area contributed by atoms with Crippen LogP contribution in [0.3, 0.4) is 0 Å². The first-order valence-corrected chi connectivity index (χ1v) is 8.28. The van der Waals surface area contributed by atoms with Gasteiger partial charge in [-0.1, -0.05) is 29.8 Å². The molecular weight excluding hydrogens is 298 g/mol. The highest BCUT2D eigenvalue weighted by Crippen LogP contribution is 2.65. The number of anilines is 1. The zero-order valence-electron chi connectivity index (χ0n) is 12.2. The molecule has 2 saturated carbocycles. The highest BCUT2D eigenvalue weighted by atomic mass is 35.5. The molecule has 4 aliphatic carbocycles. The summed E-state index contributed by atoms with van der Waals surface area (Å²) in [6.45, 7) is 1.87. The highest BCUT2D eigenvalue weighted by Gasteiger charge is 2.67. The summed E-state index contributed by atoms with van der Waals surface area (Å²) >= 11 is 6.18. The third-order valence-electron chi connectivity index (χ3n) is 6.14. The number of hydrogen-bond acceptors (Lipinski definition) is 2. The van der Waals surface area contributed by atoms with Crippen LogP contribution in [0.4, 0.5) is 5.69 Å². The standard InChI is InChI=1S/C18H16ClNO2/c1-8-13(19)3-2-4-14(8)20-17(21)15-9-5-6-10(12-7-11(9)12)16(15)18(20)22/h2-6,9-12,15-16H,7H2,1H3/t9-,10+,11-,12-,15+,16-/m1/s1. The van der Waals surface area contributed by atoms with E-state index in [1.165, 1.54) is 11.3 Å². The summed E-state index contributed by atoms with van der Waals surface area (Å²) in [5, 5.41) is 0.594. The molecule has 0 aromatic heterocycles. The Bertz CT molecular complexity index is 719. The Morgan fingerprint density at radius 2 is 1.64 bits per heavy atom. The van der Waals surface area contributed by atoms with Crippen LogP contribution in [-0.4, -0.2) is 11.8 Å². The molecule has 2 amide bonds. The fourth-order valence-electron chi connectivity index (χ4n) is 5.03. The summed E-state index contributed by atoms with van der Waals surface area (Å²) in [7, 11) is 0. The summed E-state index contributed by atoms with van der Waals surface area (Å²) in [5.74, 6) is 1.45. The van der Waals surface area contributed by atoms with Crippen LogP contribution in [0.5, 0.6) is 0 Å². The van der Waals surface area contributed by atoms with Gasteiger partial charge in [0, 0.05) is 5.02 Å². The van der Waals surface area contributed by atoms with Gasteiger partial charge in [0.1, 0.15) is 0 Å². The lowest BCUT2D eigenvalue weighted by atomic mass is 9.63. The van der Waals surface area contributed by atoms with Crippen LogP contribution in [0, 0.1) is 42.4 Å². The Balaban J connectivity index is 1.62. The fraction of sp³-hybridized carbons (Fsp3) is 0.444. The average Bonchev–Trinajstić information content (AvgIpc) is 3.28. The van der Waals surface area contributed by atoms with Crippen LogP contribution in [0.2, 0.25) is 5.02 Å². The molecular formula is C18H16ClNO2. The molecule has 3 fully saturated rings. The van der Waals surface area contributed by atoms with Gasteiger partial charge in [-0.25, -0.2) is 4.90 Å². The number of hydrogen-bond donors (Lipinski definition) is 0. The summed E-state index contributed by atoms with van der Waals surface area (Å²) < 4.78 is 0. The third-order valence-corrected chi connectivity index (χ3v) is 6.55. The second kappa shape index (κ2) is 4.02. The van der Waals surface area contributed by atoms with Gasteiger partial charge in [0.05, 0.1) is 17.5 Å².